The highest BCUT2D eigenvalue weighted by molar-refractivity contribution is 5.97. The summed E-state index contributed by atoms with van der Waals surface area (Å²) in [4.78, 5) is 15.1. The Balaban J connectivity index is 1.59. The first-order valence-electron chi connectivity index (χ1n) is 10.1. The third-order valence-corrected chi connectivity index (χ3v) is 5.21. The van der Waals surface area contributed by atoms with Gasteiger partial charge in [0.05, 0.1) is 0 Å². The Hall–Kier alpha value is -2.49. The highest BCUT2D eigenvalue weighted by Gasteiger charge is 2.16. The average Bonchev–Trinajstić information content (AvgIpc) is 2.69. The van der Waals surface area contributed by atoms with E-state index in [1.165, 1.54) is 24.9 Å². The quantitative estimate of drug-likeness (QED) is 0.736. The van der Waals surface area contributed by atoms with Crippen molar-refractivity contribution in [1.82, 2.24) is 0 Å². The molecule has 1 atom stereocenters. The number of nitrogens with one attached hydrogen (secondary N) is 2. The smallest absolute Gasteiger partial charge is 0.246 e. The van der Waals surface area contributed by atoms with Crippen molar-refractivity contribution in [3.8, 4) is 0 Å². The van der Waals surface area contributed by atoms with Crippen LogP contribution in [0.4, 0.5) is 17.1 Å². The topological polar surface area (TPSA) is 44.4 Å². The molecule has 0 saturated carbocycles. The molecule has 3 rings (SSSR count). The maximum atomic E-state index is 12.6. The molecule has 0 aromatic heterocycles. The number of carbonyl (C=O) groups excluding carboxylic acids is 1. The lowest BCUT2D eigenvalue weighted by molar-refractivity contribution is -0.116. The molecule has 144 valence electrons. The predicted octanol–water partition coefficient (Wildman–Crippen LogP) is 5.24. The van der Waals surface area contributed by atoms with E-state index in [0.29, 0.717) is 5.92 Å². The van der Waals surface area contributed by atoms with E-state index >= 15 is 0 Å². The molecule has 1 aliphatic rings. The largest absolute Gasteiger partial charge is 0.374 e. The second kappa shape index (κ2) is 8.94. The van der Waals surface area contributed by atoms with Gasteiger partial charge in [-0.2, -0.15) is 0 Å². The van der Waals surface area contributed by atoms with Crippen molar-refractivity contribution in [3.05, 3.63) is 54.1 Å². The Morgan fingerprint density at radius 2 is 1.59 bits per heavy atom. The summed E-state index contributed by atoms with van der Waals surface area (Å²) in [6.07, 6.45) is 3.88. The Labute approximate surface area is 163 Å². The summed E-state index contributed by atoms with van der Waals surface area (Å²) in [6, 6.07) is 16.1. The lowest BCUT2D eigenvalue weighted by Gasteiger charge is -2.29. The van der Waals surface area contributed by atoms with Gasteiger partial charge in [-0.15, -0.1) is 0 Å². The van der Waals surface area contributed by atoms with Crippen molar-refractivity contribution in [3.63, 3.8) is 0 Å². The van der Waals surface area contributed by atoms with Crippen LogP contribution in [0.3, 0.4) is 0 Å². The average molecular weight is 366 g/mol. The van der Waals surface area contributed by atoms with Crippen LogP contribution in [0.1, 0.15) is 51.5 Å². The van der Waals surface area contributed by atoms with Crippen LogP contribution in [0.25, 0.3) is 0 Å². The van der Waals surface area contributed by atoms with Crippen LogP contribution in [0.2, 0.25) is 0 Å². The fraction of sp³-hybridized carbons (Fsp3) is 0.435. The predicted molar refractivity (Wildman–Crippen MR) is 115 cm³/mol. The summed E-state index contributed by atoms with van der Waals surface area (Å²) >= 11 is 0. The molecule has 1 heterocycles. The van der Waals surface area contributed by atoms with Gasteiger partial charge in [0.25, 0.3) is 0 Å². The third-order valence-electron chi connectivity index (χ3n) is 5.21. The number of benzene rings is 2. The molecule has 0 spiro atoms. The Morgan fingerprint density at radius 1 is 0.926 bits per heavy atom. The number of anilines is 3. The fourth-order valence-corrected chi connectivity index (χ4v) is 3.59. The van der Waals surface area contributed by atoms with Gasteiger partial charge in [0, 0.05) is 30.2 Å². The van der Waals surface area contributed by atoms with Gasteiger partial charge in [-0.3, -0.25) is 4.79 Å². The SMILES string of the molecule is CC(C)c1ccccc1NC(=O)[C@H](C)Nc1ccc(N2CCCCC2)cc1. The number of para-hydroxylation sites is 1. The van der Waals surface area contributed by atoms with E-state index < -0.39 is 0 Å². The number of amides is 1. The van der Waals surface area contributed by atoms with Gasteiger partial charge >= 0.3 is 0 Å². The fourth-order valence-electron chi connectivity index (χ4n) is 3.59. The summed E-state index contributed by atoms with van der Waals surface area (Å²) in [5, 5.41) is 6.38. The van der Waals surface area contributed by atoms with Crippen LogP contribution in [-0.2, 0) is 4.79 Å². The van der Waals surface area contributed by atoms with Gasteiger partial charge in [0.2, 0.25) is 5.91 Å². The molecule has 4 heteroatoms. The van der Waals surface area contributed by atoms with E-state index in [1.807, 2.05) is 25.1 Å². The molecule has 1 amide bonds. The molecule has 0 bridgehead atoms. The summed E-state index contributed by atoms with van der Waals surface area (Å²) in [5.74, 6) is 0.343. The van der Waals surface area contributed by atoms with E-state index in [4.69, 9.17) is 0 Å². The molecule has 2 N–H and O–H groups in total. The van der Waals surface area contributed by atoms with Gasteiger partial charge in [-0.1, -0.05) is 32.0 Å². The summed E-state index contributed by atoms with van der Waals surface area (Å²) in [5.41, 5.74) is 4.29. The van der Waals surface area contributed by atoms with Gasteiger partial charge in [0.15, 0.2) is 0 Å². The van der Waals surface area contributed by atoms with Crippen molar-refractivity contribution in [2.24, 2.45) is 0 Å². The van der Waals surface area contributed by atoms with Gasteiger partial charge < -0.3 is 15.5 Å². The Morgan fingerprint density at radius 3 is 2.26 bits per heavy atom. The zero-order valence-corrected chi connectivity index (χ0v) is 16.7. The lowest BCUT2D eigenvalue weighted by Crippen LogP contribution is -2.32. The lowest BCUT2D eigenvalue weighted by atomic mass is 10.0. The minimum atomic E-state index is -0.314. The third kappa shape index (κ3) is 5.03. The molecule has 2 aromatic rings. The molecular formula is C23H31N3O. The first kappa shape index (κ1) is 19.3. The van der Waals surface area contributed by atoms with E-state index in [0.717, 1.165) is 30.0 Å². The molecular weight excluding hydrogens is 334 g/mol. The van der Waals surface area contributed by atoms with E-state index in [9.17, 15) is 4.79 Å². The summed E-state index contributed by atoms with van der Waals surface area (Å²) < 4.78 is 0. The molecule has 1 aliphatic heterocycles. The molecule has 27 heavy (non-hydrogen) atoms. The van der Waals surface area contributed by atoms with Crippen molar-refractivity contribution in [2.45, 2.75) is 52.0 Å². The van der Waals surface area contributed by atoms with Crippen LogP contribution in [-0.4, -0.2) is 25.0 Å². The number of hydrogen-bond acceptors (Lipinski definition) is 3. The highest BCUT2D eigenvalue weighted by Crippen LogP contribution is 2.25. The zero-order chi connectivity index (χ0) is 19.2. The molecule has 0 radical (unpaired) electrons. The van der Waals surface area contributed by atoms with Crippen LogP contribution in [0.5, 0.6) is 0 Å². The Bertz CT molecular complexity index is 748. The van der Waals surface area contributed by atoms with Crippen molar-refractivity contribution in [1.29, 1.82) is 0 Å². The van der Waals surface area contributed by atoms with Crippen molar-refractivity contribution in [2.75, 3.05) is 28.6 Å². The van der Waals surface area contributed by atoms with Crippen LogP contribution < -0.4 is 15.5 Å². The van der Waals surface area contributed by atoms with Crippen LogP contribution in [0, 0.1) is 0 Å². The van der Waals surface area contributed by atoms with Gasteiger partial charge in [-0.05, 0) is 68.0 Å². The highest BCUT2D eigenvalue weighted by atomic mass is 16.2. The maximum absolute atomic E-state index is 12.6. The van der Waals surface area contributed by atoms with Crippen molar-refractivity contribution < 1.29 is 4.79 Å². The molecule has 1 fully saturated rings. The van der Waals surface area contributed by atoms with Gasteiger partial charge in [0.1, 0.15) is 6.04 Å². The van der Waals surface area contributed by atoms with Gasteiger partial charge in [-0.25, -0.2) is 0 Å². The van der Waals surface area contributed by atoms with Crippen LogP contribution in [0.15, 0.2) is 48.5 Å². The molecule has 0 unspecified atom stereocenters. The van der Waals surface area contributed by atoms with Crippen LogP contribution >= 0.6 is 0 Å². The Kier molecular flexibility index (Phi) is 6.38. The number of rotatable bonds is 6. The number of piperidine rings is 1. The monoisotopic (exact) mass is 365 g/mol. The van der Waals surface area contributed by atoms with E-state index in [-0.39, 0.29) is 11.9 Å². The second-order valence-electron chi connectivity index (χ2n) is 7.69. The molecule has 1 saturated heterocycles. The second-order valence-corrected chi connectivity index (χ2v) is 7.69. The zero-order valence-electron chi connectivity index (χ0n) is 16.7. The minimum absolute atomic E-state index is 0.0248. The van der Waals surface area contributed by atoms with E-state index in [2.05, 4.69) is 59.7 Å². The standard InChI is InChI=1S/C23H31N3O/c1-17(2)21-9-5-6-10-22(21)25-23(27)18(3)24-19-11-13-20(14-12-19)26-15-7-4-8-16-26/h5-6,9-14,17-18,24H,4,7-8,15-16H2,1-3H3,(H,25,27)/t18-/m0/s1. The maximum Gasteiger partial charge on any atom is 0.246 e. The first-order valence-corrected chi connectivity index (χ1v) is 10.1. The summed E-state index contributed by atoms with van der Waals surface area (Å²) in [6.45, 7) is 8.45. The van der Waals surface area contributed by atoms with E-state index in [1.54, 1.807) is 0 Å². The summed E-state index contributed by atoms with van der Waals surface area (Å²) in [7, 11) is 0. The van der Waals surface area contributed by atoms with Crippen molar-refractivity contribution >= 4 is 23.0 Å². The first-order chi connectivity index (χ1) is 13.0. The minimum Gasteiger partial charge on any atom is -0.374 e. The normalized spacial score (nSPS) is 15.5. The number of carbonyl (C=O) groups is 1. The molecule has 4 nitrogen and oxygen atoms in total. The molecule has 2 aromatic carbocycles. The molecule has 0 aliphatic carbocycles. The number of hydrogen-bond donors (Lipinski definition) is 2. The number of nitrogens with zero attached hydrogens (tertiary/aromatic N) is 1.